The van der Waals surface area contributed by atoms with E-state index in [1.807, 2.05) is 0 Å². The first kappa shape index (κ1) is 58.6. The van der Waals surface area contributed by atoms with Crippen molar-refractivity contribution in [3.63, 3.8) is 0 Å². The molecular formula is C51H97NO10. The molecule has 1 saturated heterocycles. The molecule has 0 aromatic carbocycles. The van der Waals surface area contributed by atoms with Gasteiger partial charge in [-0.3, -0.25) is 4.79 Å². The van der Waals surface area contributed by atoms with E-state index in [0.29, 0.717) is 19.3 Å². The zero-order valence-electron chi connectivity index (χ0n) is 39.6. The third-order valence-electron chi connectivity index (χ3n) is 12.5. The molecule has 8 N–H and O–H groups in total. The predicted octanol–water partition coefficient (Wildman–Crippen LogP) is 9.40. The second-order valence-electron chi connectivity index (χ2n) is 18.2. The van der Waals surface area contributed by atoms with E-state index in [-0.39, 0.29) is 12.8 Å². The SMILES string of the molecule is CCCCCCCCCCCCCCC/C=C/CC/C=C/CCCC(O)C(O)C(COC1OC(CO)C(O)C(O)C1O)NC(=O)C(O)CCCCCCCCCCCCCCC. The zero-order chi connectivity index (χ0) is 45.5. The quantitative estimate of drug-likeness (QED) is 0.0216. The molecule has 9 unspecified atom stereocenters. The average Bonchev–Trinajstić information content (AvgIpc) is 3.27. The Hall–Kier alpha value is -1.41. The van der Waals surface area contributed by atoms with Crippen LogP contribution < -0.4 is 5.32 Å². The standard InChI is InChI=1S/C51H97NO10/c1-3-5-7-9-11-13-15-17-18-19-20-21-22-23-24-25-27-28-30-32-34-36-38-43(54)46(56)42(41-61-51-49(59)48(58)47(57)45(40-53)62-51)52-50(60)44(55)39-37-35-33-31-29-26-16-14-12-10-8-6-4-2/h24-25,30,32,42-49,51,53-59H,3-23,26-29,31,33-41H2,1-2H3,(H,52,60)/b25-24+,32-30+. The Bertz CT molecular complexity index is 1060. The summed E-state index contributed by atoms with van der Waals surface area (Å²) in [5, 5.41) is 75.8. The van der Waals surface area contributed by atoms with Crippen LogP contribution in [-0.4, -0.2) is 110 Å². The first-order valence-electron chi connectivity index (χ1n) is 25.7. The van der Waals surface area contributed by atoms with Crippen LogP contribution in [0.4, 0.5) is 0 Å². The van der Waals surface area contributed by atoms with Gasteiger partial charge in [-0.1, -0.05) is 199 Å². The minimum atomic E-state index is -1.67. The molecule has 11 nitrogen and oxygen atoms in total. The minimum absolute atomic E-state index is 0.248. The number of hydrogen-bond acceptors (Lipinski definition) is 10. The summed E-state index contributed by atoms with van der Waals surface area (Å²) in [6, 6.07) is -1.19. The third-order valence-corrected chi connectivity index (χ3v) is 12.5. The first-order valence-corrected chi connectivity index (χ1v) is 25.7. The molecule has 0 bridgehead atoms. The molecule has 0 radical (unpaired) electrons. The number of rotatable bonds is 43. The lowest BCUT2D eigenvalue weighted by atomic mass is 9.98. The molecule has 0 spiro atoms. The van der Waals surface area contributed by atoms with Gasteiger partial charge in [0, 0.05) is 0 Å². The van der Waals surface area contributed by atoms with Gasteiger partial charge in [-0.05, 0) is 51.4 Å². The molecule has 0 saturated carbocycles. The fourth-order valence-corrected chi connectivity index (χ4v) is 8.22. The number of aliphatic hydroxyl groups is 7. The highest BCUT2D eigenvalue weighted by atomic mass is 16.7. The largest absolute Gasteiger partial charge is 0.394 e. The van der Waals surface area contributed by atoms with Crippen LogP contribution in [0.1, 0.15) is 226 Å². The highest BCUT2D eigenvalue weighted by molar-refractivity contribution is 5.80. The fourth-order valence-electron chi connectivity index (χ4n) is 8.22. The number of amides is 1. The molecule has 9 atom stereocenters. The summed E-state index contributed by atoms with van der Waals surface area (Å²) in [4.78, 5) is 13.1. The monoisotopic (exact) mass is 884 g/mol. The molecular weight excluding hydrogens is 787 g/mol. The summed E-state index contributed by atoms with van der Waals surface area (Å²) < 4.78 is 11.1. The number of hydrogen-bond donors (Lipinski definition) is 8. The van der Waals surface area contributed by atoms with Crippen LogP contribution in [0, 0.1) is 0 Å². The van der Waals surface area contributed by atoms with Gasteiger partial charge >= 0.3 is 0 Å². The molecule has 0 aromatic heterocycles. The van der Waals surface area contributed by atoms with Crippen LogP contribution in [0.3, 0.4) is 0 Å². The van der Waals surface area contributed by atoms with Gasteiger partial charge in [-0.2, -0.15) is 0 Å². The Morgan fingerprint density at radius 2 is 0.968 bits per heavy atom. The number of allylic oxidation sites excluding steroid dienone is 4. The lowest BCUT2D eigenvalue weighted by Gasteiger charge is -2.40. The topological polar surface area (TPSA) is 189 Å². The molecule has 1 fully saturated rings. The Morgan fingerprint density at radius 1 is 0.548 bits per heavy atom. The lowest BCUT2D eigenvalue weighted by molar-refractivity contribution is -0.303. The van der Waals surface area contributed by atoms with Crippen molar-refractivity contribution in [1.29, 1.82) is 0 Å². The van der Waals surface area contributed by atoms with E-state index in [1.165, 1.54) is 141 Å². The van der Waals surface area contributed by atoms with Gasteiger partial charge in [0.25, 0.3) is 0 Å². The van der Waals surface area contributed by atoms with Gasteiger partial charge in [0.1, 0.15) is 36.6 Å². The van der Waals surface area contributed by atoms with Crippen molar-refractivity contribution < 1.29 is 50.0 Å². The first-order chi connectivity index (χ1) is 30.2. The summed E-state index contributed by atoms with van der Waals surface area (Å²) in [6.07, 6.45) is 35.2. The van der Waals surface area contributed by atoms with Gasteiger partial charge in [-0.25, -0.2) is 0 Å². The van der Waals surface area contributed by atoms with Crippen LogP contribution in [0.2, 0.25) is 0 Å². The van der Waals surface area contributed by atoms with Crippen molar-refractivity contribution >= 4 is 5.91 Å². The maximum Gasteiger partial charge on any atom is 0.249 e. The number of ether oxygens (including phenoxy) is 2. The predicted molar refractivity (Wildman–Crippen MR) is 252 cm³/mol. The summed E-state index contributed by atoms with van der Waals surface area (Å²) >= 11 is 0. The molecule has 11 heteroatoms. The van der Waals surface area contributed by atoms with Crippen LogP contribution in [0.5, 0.6) is 0 Å². The van der Waals surface area contributed by atoms with Gasteiger partial charge in [-0.15, -0.1) is 0 Å². The van der Waals surface area contributed by atoms with E-state index in [2.05, 4.69) is 43.5 Å². The molecule has 1 heterocycles. The fraction of sp³-hybridized carbons (Fsp3) is 0.902. The Morgan fingerprint density at radius 3 is 1.44 bits per heavy atom. The van der Waals surface area contributed by atoms with Crippen molar-refractivity contribution in [2.45, 2.75) is 281 Å². The van der Waals surface area contributed by atoms with Gasteiger partial charge < -0.3 is 50.5 Å². The number of aliphatic hydroxyl groups excluding tert-OH is 7. The van der Waals surface area contributed by atoms with Crippen LogP contribution >= 0.6 is 0 Å². The van der Waals surface area contributed by atoms with E-state index in [4.69, 9.17) is 9.47 Å². The molecule has 1 aliphatic heterocycles. The highest BCUT2D eigenvalue weighted by Gasteiger charge is 2.44. The Kier molecular flexibility index (Phi) is 38.8. The van der Waals surface area contributed by atoms with Crippen molar-refractivity contribution in [1.82, 2.24) is 5.32 Å². The lowest BCUT2D eigenvalue weighted by Crippen LogP contribution is -2.60. The number of carbonyl (C=O) groups is 1. The highest BCUT2D eigenvalue weighted by Crippen LogP contribution is 2.23. The second kappa shape index (κ2) is 41.1. The van der Waals surface area contributed by atoms with E-state index in [0.717, 1.165) is 38.5 Å². The molecule has 366 valence electrons. The second-order valence-corrected chi connectivity index (χ2v) is 18.2. The van der Waals surface area contributed by atoms with Gasteiger partial charge in [0.2, 0.25) is 5.91 Å². The summed E-state index contributed by atoms with van der Waals surface area (Å²) in [6.45, 7) is 3.43. The summed E-state index contributed by atoms with van der Waals surface area (Å²) in [5.41, 5.74) is 0. The molecule has 1 rings (SSSR count). The average molecular weight is 884 g/mol. The van der Waals surface area contributed by atoms with E-state index < -0.39 is 74.2 Å². The van der Waals surface area contributed by atoms with E-state index in [9.17, 15) is 40.5 Å². The molecule has 1 amide bonds. The molecule has 1 aliphatic rings. The Labute approximate surface area is 378 Å². The molecule has 62 heavy (non-hydrogen) atoms. The normalized spacial score (nSPS) is 21.5. The van der Waals surface area contributed by atoms with Crippen molar-refractivity contribution in [2.75, 3.05) is 13.2 Å². The van der Waals surface area contributed by atoms with Crippen LogP contribution in [-0.2, 0) is 14.3 Å². The number of carbonyl (C=O) groups excluding carboxylic acids is 1. The smallest absolute Gasteiger partial charge is 0.249 e. The minimum Gasteiger partial charge on any atom is -0.394 e. The summed E-state index contributed by atoms with van der Waals surface area (Å²) in [7, 11) is 0. The van der Waals surface area contributed by atoms with Crippen LogP contribution in [0.25, 0.3) is 0 Å². The molecule has 0 aliphatic carbocycles. The van der Waals surface area contributed by atoms with Crippen molar-refractivity contribution in [3.8, 4) is 0 Å². The number of nitrogens with one attached hydrogen (secondary N) is 1. The zero-order valence-corrected chi connectivity index (χ0v) is 39.6. The maximum atomic E-state index is 13.1. The van der Waals surface area contributed by atoms with Gasteiger partial charge in [0.05, 0.1) is 25.4 Å². The van der Waals surface area contributed by atoms with Crippen LogP contribution in [0.15, 0.2) is 24.3 Å². The maximum absolute atomic E-state index is 13.1. The van der Waals surface area contributed by atoms with E-state index >= 15 is 0 Å². The van der Waals surface area contributed by atoms with Crippen molar-refractivity contribution in [3.05, 3.63) is 24.3 Å². The summed E-state index contributed by atoms with van der Waals surface area (Å²) in [5.74, 6) is -0.709. The van der Waals surface area contributed by atoms with Crippen molar-refractivity contribution in [2.24, 2.45) is 0 Å². The van der Waals surface area contributed by atoms with Gasteiger partial charge in [0.15, 0.2) is 6.29 Å². The molecule has 0 aromatic rings. The third kappa shape index (κ3) is 29.9. The van der Waals surface area contributed by atoms with E-state index in [1.54, 1.807) is 0 Å². The number of unbranched alkanes of at least 4 members (excludes halogenated alkanes) is 27. The Balaban J connectivity index is 2.41.